The van der Waals surface area contributed by atoms with E-state index in [0.29, 0.717) is 10.7 Å². The second-order valence-electron chi connectivity index (χ2n) is 7.11. The normalized spacial score (nSPS) is 13.9. The predicted octanol–water partition coefficient (Wildman–Crippen LogP) is 2.68. The fraction of sp³-hybridized carbons (Fsp3) is 0.350. The molecular weight excluding hydrogens is 398 g/mol. The Morgan fingerprint density at radius 2 is 1.68 bits per heavy atom. The highest BCUT2D eigenvalue weighted by Crippen LogP contribution is 2.16. The number of quaternary nitrogens is 1. The van der Waals surface area contributed by atoms with Gasteiger partial charge in [0.1, 0.15) is 6.04 Å². The van der Waals surface area contributed by atoms with Gasteiger partial charge >= 0.3 is 0 Å². The Morgan fingerprint density at radius 3 is 2.25 bits per heavy atom. The molecule has 0 aromatic heterocycles. The standard InChI is InChI=1S/C20H26ClN3O3S/c1-13(2)24-28(26,27)19-10-8-18(9-11-19)23-20(25)15(4)22-14(3)16-6-5-7-17(21)12-16/h5-15,22,24H,1-4H3,(H,23,25)/p+1/t14-,15-/m0/s1. The summed E-state index contributed by atoms with van der Waals surface area (Å²) in [4.78, 5) is 12.6. The van der Waals surface area contributed by atoms with Gasteiger partial charge < -0.3 is 10.6 Å². The highest BCUT2D eigenvalue weighted by molar-refractivity contribution is 7.89. The van der Waals surface area contributed by atoms with Crippen LogP contribution in [0.25, 0.3) is 0 Å². The summed E-state index contributed by atoms with van der Waals surface area (Å²) in [5, 5.41) is 5.43. The lowest BCUT2D eigenvalue weighted by molar-refractivity contribution is -0.709. The number of amides is 1. The summed E-state index contributed by atoms with van der Waals surface area (Å²) in [5.74, 6) is -0.162. The number of nitrogens with one attached hydrogen (secondary N) is 2. The molecule has 8 heteroatoms. The predicted molar refractivity (Wildman–Crippen MR) is 112 cm³/mol. The maximum absolute atomic E-state index is 12.5. The van der Waals surface area contributed by atoms with E-state index in [1.807, 2.05) is 43.4 Å². The van der Waals surface area contributed by atoms with Crippen molar-refractivity contribution in [3.05, 3.63) is 59.1 Å². The van der Waals surface area contributed by atoms with Crippen LogP contribution in [0.3, 0.4) is 0 Å². The van der Waals surface area contributed by atoms with E-state index >= 15 is 0 Å². The van der Waals surface area contributed by atoms with Crippen LogP contribution in [-0.4, -0.2) is 26.4 Å². The average molecular weight is 425 g/mol. The quantitative estimate of drug-likeness (QED) is 0.608. The minimum absolute atomic E-state index is 0.0640. The second-order valence-corrected chi connectivity index (χ2v) is 9.26. The Hall–Kier alpha value is -1.93. The van der Waals surface area contributed by atoms with Crippen LogP contribution < -0.4 is 15.4 Å². The number of benzene rings is 2. The molecular formula is C20H27ClN3O3S+. The first-order chi connectivity index (χ1) is 13.1. The highest BCUT2D eigenvalue weighted by atomic mass is 35.5. The SMILES string of the molecule is CC(C)NS(=O)(=O)c1ccc(NC(=O)[C@H](C)[NH2+][C@@H](C)c2cccc(Cl)c2)cc1. The lowest BCUT2D eigenvalue weighted by Crippen LogP contribution is -2.91. The zero-order valence-electron chi connectivity index (χ0n) is 16.4. The topological polar surface area (TPSA) is 91.9 Å². The molecule has 2 aromatic carbocycles. The zero-order valence-corrected chi connectivity index (χ0v) is 18.0. The molecule has 4 N–H and O–H groups in total. The van der Waals surface area contributed by atoms with E-state index in [0.717, 1.165) is 5.56 Å². The minimum atomic E-state index is -3.55. The molecule has 0 radical (unpaired) electrons. The number of nitrogens with two attached hydrogens (primary N) is 1. The third kappa shape index (κ3) is 6.31. The molecule has 6 nitrogen and oxygen atoms in total. The van der Waals surface area contributed by atoms with E-state index in [1.165, 1.54) is 12.1 Å². The van der Waals surface area contributed by atoms with Gasteiger partial charge in [-0.15, -0.1) is 0 Å². The average Bonchev–Trinajstić information content (AvgIpc) is 2.61. The van der Waals surface area contributed by atoms with Crippen molar-refractivity contribution in [2.45, 2.75) is 50.7 Å². The van der Waals surface area contributed by atoms with Crippen LogP contribution in [0.4, 0.5) is 5.69 Å². The van der Waals surface area contributed by atoms with Crippen LogP contribution in [0.2, 0.25) is 5.02 Å². The zero-order chi connectivity index (χ0) is 20.9. The molecule has 0 unspecified atom stereocenters. The van der Waals surface area contributed by atoms with Gasteiger partial charge in [-0.25, -0.2) is 13.1 Å². The number of carbonyl (C=O) groups excluding carboxylic acids is 1. The van der Waals surface area contributed by atoms with E-state index in [1.54, 1.807) is 26.0 Å². The van der Waals surface area contributed by atoms with E-state index in [2.05, 4.69) is 10.0 Å². The molecule has 1 amide bonds. The number of halogens is 1. The Bertz CT molecular complexity index is 915. The first-order valence-corrected chi connectivity index (χ1v) is 11.0. The van der Waals surface area contributed by atoms with Crippen molar-refractivity contribution < 1.29 is 18.5 Å². The lowest BCUT2D eigenvalue weighted by atomic mass is 10.1. The molecule has 2 aromatic rings. The largest absolute Gasteiger partial charge is 0.330 e. The number of hydrogen-bond donors (Lipinski definition) is 3. The smallest absolute Gasteiger partial charge is 0.282 e. The van der Waals surface area contributed by atoms with Gasteiger partial charge in [-0.05, 0) is 64.1 Å². The molecule has 0 saturated carbocycles. The molecule has 28 heavy (non-hydrogen) atoms. The Labute approximate surface area is 171 Å². The summed E-state index contributed by atoms with van der Waals surface area (Å²) in [7, 11) is -3.55. The molecule has 2 rings (SSSR count). The molecule has 0 aliphatic rings. The fourth-order valence-electron chi connectivity index (χ4n) is 2.77. The summed E-state index contributed by atoms with van der Waals surface area (Å²) in [5.41, 5.74) is 1.59. The third-order valence-electron chi connectivity index (χ3n) is 4.19. The summed E-state index contributed by atoms with van der Waals surface area (Å²) < 4.78 is 26.8. The maximum Gasteiger partial charge on any atom is 0.282 e. The number of hydrogen-bond acceptors (Lipinski definition) is 3. The molecule has 0 aliphatic carbocycles. The molecule has 0 fully saturated rings. The van der Waals surface area contributed by atoms with Gasteiger partial charge in [0.25, 0.3) is 5.91 Å². The van der Waals surface area contributed by atoms with Crippen molar-refractivity contribution in [3.8, 4) is 0 Å². The van der Waals surface area contributed by atoms with Gasteiger partial charge in [-0.3, -0.25) is 4.79 Å². The van der Waals surface area contributed by atoms with Crippen LogP contribution in [0.5, 0.6) is 0 Å². The number of sulfonamides is 1. The van der Waals surface area contributed by atoms with E-state index in [-0.39, 0.29) is 28.9 Å². The van der Waals surface area contributed by atoms with Gasteiger partial charge in [-0.1, -0.05) is 23.7 Å². The highest BCUT2D eigenvalue weighted by Gasteiger charge is 2.21. The first kappa shape index (κ1) is 22.4. The fourth-order valence-corrected chi connectivity index (χ4v) is 4.22. The van der Waals surface area contributed by atoms with Gasteiger partial charge in [-0.2, -0.15) is 0 Å². The van der Waals surface area contributed by atoms with Crippen molar-refractivity contribution in [3.63, 3.8) is 0 Å². The molecule has 2 atom stereocenters. The van der Waals surface area contributed by atoms with Crippen LogP contribution in [0.15, 0.2) is 53.4 Å². The number of rotatable bonds is 8. The van der Waals surface area contributed by atoms with Crippen molar-refractivity contribution in [1.29, 1.82) is 0 Å². The molecule has 0 aliphatic heterocycles. The Morgan fingerprint density at radius 1 is 1.04 bits per heavy atom. The monoisotopic (exact) mass is 424 g/mol. The second kappa shape index (κ2) is 9.52. The molecule has 0 bridgehead atoms. The summed E-state index contributed by atoms with van der Waals surface area (Å²) in [6.07, 6.45) is 0. The molecule has 0 spiro atoms. The maximum atomic E-state index is 12.5. The number of carbonyl (C=O) groups is 1. The van der Waals surface area contributed by atoms with Crippen LogP contribution in [0, 0.1) is 0 Å². The molecule has 0 saturated heterocycles. The van der Waals surface area contributed by atoms with E-state index in [4.69, 9.17) is 11.6 Å². The van der Waals surface area contributed by atoms with Crippen molar-refractivity contribution in [1.82, 2.24) is 4.72 Å². The van der Waals surface area contributed by atoms with Crippen LogP contribution >= 0.6 is 11.6 Å². The summed E-state index contributed by atoms with van der Waals surface area (Å²) in [6, 6.07) is 13.2. The van der Waals surface area contributed by atoms with E-state index < -0.39 is 10.0 Å². The van der Waals surface area contributed by atoms with Crippen LogP contribution in [-0.2, 0) is 14.8 Å². The summed E-state index contributed by atoms with van der Waals surface area (Å²) in [6.45, 7) is 7.35. The Balaban J connectivity index is 1.98. The number of anilines is 1. The van der Waals surface area contributed by atoms with Gasteiger partial charge in [0.15, 0.2) is 6.04 Å². The lowest BCUT2D eigenvalue weighted by Gasteiger charge is -2.17. The summed E-state index contributed by atoms with van der Waals surface area (Å²) >= 11 is 6.03. The van der Waals surface area contributed by atoms with E-state index in [9.17, 15) is 13.2 Å². The Kier molecular flexibility index (Phi) is 7.60. The van der Waals surface area contributed by atoms with Crippen molar-refractivity contribution in [2.75, 3.05) is 5.32 Å². The van der Waals surface area contributed by atoms with Crippen molar-refractivity contribution >= 4 is 33.2 Å². The van der Waals surface area contributed by atoms with Gasteiger partial charge in [0, 0.05) is 22.3 Å². The third-order valence-corrected chi connectivity index (χ3v) is 6.10. The molecule has 152 valence electrons. The minimum Gasteiger partial charge on any atom is -0.330 e. The van der Waals surface area contributed by atoms with Gasteiger partial charge in [0.05, 0.1) is 4.90 Å². The van der Waals surface area contributed by atoms with Crippen molar-refractivity contribution in [2.24, 2.45) is 0 Å². The first-order valence-electron chi connectivity index (χ1n) is 9.12. The van der Waals surface area contributed by atoms with Gasteiger partial charge in [0.2, 0.25) is 10.0 Å². The van der Waals surface area contributed by atoms with Crippen LogP contribution in [0.1, 0.15) is 39.3 Å². The molecule has 0 heterocycles.